The zero-order valence-electron chi connectivity index (χ0n) is 13.5. The summed E-state index contributed by atoms with van der Waals surface area (Å²) in [6.07, 6.45) is 4.51. The van der Waals surface area contributed by atoms with Crippen LogP contribution in [0.25, 0.3) is 5.69 Å². The van der Waals surface area contributed by atoms with Gasteiger partial charge in [-0.25, -0.2) is 0 Å². The van der Waals surface area contributed by atoms with Crippen LogP contribution >= 0.6 is 0 Å². The van der Waals surface area contributed by atoms with Gasteiger partial charge < -0.3 is 10.2 Å². The molecule has 23 heavy (non-hydrogen) atoms. The lowest BCUT2D eigenvalue weighted by atomic mass is 10.0. The number of nitrogens with one attached hydrogen (secondary N) is 1. The van der Waals surface area contributed by atoms with Crippen LogP contribution in [0.4, 0.5) is 0 Å². The number of para-hydroxylation sites is 1. The van der Waals surface area contributed by atoms with Crippen LogP contribution < -0.4 is 5.32 Å². The number of carbonyl (C=O) groups excluding carboxylic acids is 1. The summed E-state index contributed by atoms with van der Waals surface area (Å²) in [6.45, 7) is 4.80. The van der Waals surface area contributed by atoms with Crippen molar-refractivity contribution in [1.29, 1.82) is 0 Å². The summed E-state index contributed by atoms with van der Waals surface area (Å²) in [7, 11) is 0. The van der Waals surface area contributed by atoms with Gasteiger partial charge >= 0.3 is 0 Å². The van der Waals surface area contributed by atoms with Gasteiger partial charge in [0.2, 0.25) is 0 Å². The van der Waals surface area contributed by atoms with Crippen molar-refractivity contribution in [3.63, 3.8) is 0 Å². The second kappa shape index (κ2) is 7.37. The Hall–Kier alpha value is -2.21. The molecule has 0 spiro atoms. The third-order valence-electron chi connectivity index (χ3n) is 4.17. The fourth-order valence-corrected chi connectivity index (χ4v) is 3.00. The molecule has 1 aromatic carbocycles. The van der Waals surface area contributed by atoms with E-state index in [2.05, 4.69) is 22.4 Å². The topological polar surface area (TPSA) is 63.1 Å². The first-order chi connectivity index (χ1) is 11.3. The van der Waals surface area contributed by atoms with Crippen LogP contribution in [-0.4, -0.2) is 51.5 Å². The maximum Gasteiger partial charge on any atom is 0.276 e. The van der Waals surface area contributed by atoms with Gasteiger partial charge in [-0.1, -0.05) is 25.1 Å². The molecule has 2 aromatic rings. The summed E-state index contributed by atoms with van der Waals surface area (Å²) in [5.74, 6) is -0.0130. The molecule has 1 fully saturated rings. The fourth-order valence-electron chi connectivity index (χ4n) is 3.00. The number of hydrogen-bond acceptors (Lipinski definition) is 4. The second-order valence-electron chi connectivity index (χ2n) is 5.83. The molecule has 0 unspecified atom stereocenters. The SMILES string of the molecule is CCCN(C(=O)c1cnn(-c2ccccc2)n1)C1CCNCC1. The Kier molecular flexibility index (Phi) is 5.02. The third kappa shape index (κ3) is 3.59. The third-order valence-corrected chi connectivity index (χ3v) is 4.17. The van der Waals surface area contributed by atoms with E-state index in [9.17, 15) is 4.79 Å². The van der Waals surface area contributed by atoms with Gasteiger partial charge in [0, 0.05) is 12.6 Å². The molecule has 0 saturated carbocycles. The number of amides is 1. The first-order valence-electron chi connectivity index (χ1n) is 8.29. The van der Waals surface area contributed by atoms with E-state index in [1.165, 1.54) is 4.80 Å². The Morgan fingerprint density at radius 1 is 1.30 bits per heavy atom. The van der Waals surface area contributed by atoms with E-state index < -0.39 is 0 Å². The summed E-state index contributed by atoms with van der Waals surface area (Å²) >= 11 is 0. The molecule has 122 valence electrons. The van der Waals surface area contributed by atoms with Gasteiger partial charge in [-0.2, -0.15) is 9.90 Å². The molecule has 6 nitrogen and oxygen atoms in total. The molecule has 0 bridgehead atoms. The summed E-state index contributed by atoms with van der Waals surface area (Å²) in [5.41, 5.74) is 1.27. The highest BCUT2D eigenvalue weighted by Gasteiger charge is 2.27. The summed E-state index contributed by atoms with van der Waals surface area (Å²) < 4.78 is 0. The lowest BCUT2D eigenvalue weighted by Crippen LogP contribution is -2.46. The van der Waals surface area contributed by atoms with Crippen molar-refractivity contribution >= 4 is 5.91 Å². The van der Waals surface area contributed by atoms with E-state index in [1.54, 1.807) is 6.20 Å². The molecule has 1 saturated heterocycles. The van der Waals surface area contributed by atoms with Gasteiger partial charge in [-0.05, 0) is 44.5 Å². The molecule has 1 aliphatic rings. The molecule has 6 heteroatoms. The van der Waals surface area contributed by atoms with Crippen LogP contribution in [0.1, 0.15) is 36.7 Å². The van der Waals surface area contributed by atoms with Crippen LogP contribution in [0.3, 0.4) is 0 Å². The van der Waals surface area contributed by atoms with Gasteiger partial charge in [0.1, 0.15) is 0 Å². The smallest absolute Gasteiger partial charge is 0.276 e. The molecule has 1 N–H and O–H groups in total. The summed E-state index contributed by atoms with van der Waals surface area (Å²) in [4.78, 5) is 16.4. The number of benzene rings is 1. The standard InChI is InChI=1S/C17H23N5O/c1-2-12-21(14-8-10-18-11-9-14)17(23)16-13-19-22(20-16)15-6-4-3-5-7-15/h3-7,13-14,18H,2,8-12H2,1H3. The van der Waals surface area contributed by atoms with Crippen molar-refractivity contribution in [3.8, 4) is 5.69 Å². The zero-order valence-corrected chi connectivity index (χ0v) is 13.5. The van der Waals surface area contributed by atoms with Crippen molar-refractivity contribution in [2.45, 2.75) is 32.2 Å². The van der Waals surface area contributed by atoms with Gasteiger partial charge in [-0.3, -0.25) is 4.79 Å². The minimum atomic E-state index is -0.0130. The molecular weight excluding hydrogens is 290 g/mol. The minimum absolute atomic E-state index is 0.0130. The first-order valence-corrected chi connectivity index (χ1v) is 8.29. The number of rotatable bonds is 5. The fraction of sp³-hybridized carbons (Fsp3) is 0.471. The highest BCUT2D eigenvalue weighted by molar-refractivity contribution is 5.92. The molecule has 1 aliphatic heterocycles. The lowest BCUT2D eigenvalue weighted by molar-refractivity contribution is 0.0636. The van der Waals surface area contributed by atoms with E-state index in [1.807, 2.05) is 35.2 Å². The molecule has 0 atom stereocenters. The minimum Gasteiger partial charge on any atom is -0.334 e. The van der Waals surface area contributed by atoms with Gasteiger partial charge in [0.15, 0.2) is 5.69 Å². The van der Waals surface area contributed by atoms with Crippen molar-refractivity contribution in [2.24, 2.45) is 0 Å². The Morgan fingerprint density at radius 3 is 2.74 bits per heavy atom. The Morgan fingerprint density at radius 2 is 2.04 bits per heavy atom. The summed E-state index contributed by atoms with van der Waals surface area (Å²) in [5, 5.41) is 12.0. The number of piperidine rings is 1. The van der Waals surface area contributed by atoms with Crippen LogP contribution in [0.2, 0.25) is 0 Å². The highest BCUT2D eigenvalue weighted by Crippen LogP contribution is 2.16. The monoisotopic (exact) mass is 313 g/mol. The highest BCUT2D eigenvalue weighted by atomic mass is 16.2. The van der Waals surface area contributed by atoms with Crippen molar-refractivity contribution in [3.05, 3.63) is 42.2 Å². The first kappa shape index (κ1) is 15.7. The predicted molar refractivity (Wildman–Crippen MR) is 88.6 cm³/mol. The van der Waals surface area contributed by atoms with Crippen LogP contribution in [-0.2, 0) is 0 Å². The molecule has 1 aromatic heterocycles. The van der Waals surface area contributed by atoms with Crippen LogP contribution in [0.5, 0.6) is 0 Å². The van der Waals surface area contributed by atoms with Crippen molar-refractivity contribution in [2.75, 3.05) is 19.6 Å². The van der Waals surface area contributed by atoms with Gasteiger partial charge in [0.25, 0.3) is 5.91 Å². The van der Waals surface area contributed by atoms with E-state index in [0.29, 0.717) is 11.7 Å². The Labute approximate surface area is 136 Å². The summed E-state index contributed by atoms with van der Waals surface area (Å²) in [6, 6.07) is 9.94. The normalized spacial score (nSPS) is 15.5. The molecular formula is C17H23N5O. The van der Waals surface area contributed by atoms with E-state index in [4.69, 9.17) is 0 Å². The second-order valence-corrected chi connectivity index (χ2v) is 5.83. The average molecular weight is 313 g/mol. The molecule has 2 heterocycles. The molecule has 1 amide bonds. The largest absolute Gasteiger partial charge is 0.334 e. The van der Waals surface area contributed by atoms with E-state index >= 15 is 0 Å². The lowest BCUT2D eigenvalue weighted by Gasteiger charge is -2.34. The number of nitrogens with zero attached hydrogens (tertiary/aromatic N) is 4. The van der Waals surface area contributed by atoms with E-state index in [0.717, 1.165) is 44.6 Å². The van der Waals surface area contributed by atoms with Gasteiger partial charge in [0.05, 0.1) is 11.9 Å². The van der Waals surface area contributed by atoms with E-state index in [-0.39, 0.29) is 5.91 Å². The quantitative estimate of drug-likeness (QED) is 0.915. The molecule has 0 aliphatic carbocycles. The number of hydrogen-bond donors (Lipinski definition) is 1. The van der Waals surface area contributed by atoms with Crippen LogP contribution in [0, 0.1) is 0 Å². The van der Waals surface area contributed by atoms with Crippen LogP contribution in [0.15, 0.2) is 36.5 Å². The maximum absolute atomic E-state index is 12.9. The maximum atomic E-state index is 12.9. The molecule has 0 radical (unpaired) electrons. The van der Waals surface area contributed by atoms with Gasteiger partial charge in [-0.15, -0.1) is 5.10 Å². The molecule has 3 rings (SSSR count). The predicted octanol–water partition coefficient (Wildman–Crippen LogP) is 1.87. The zero-order chi connectivity index (χ0) is 16.1. The van der Waals surface area contributed by atoms with Crippen molar-refractivity contribution < 1.29 is 4.79 Å². The number of aromatic nitrogens is 3. The Bertz CT molecular complexity index is 633. The number of carbonyl (C=O) groups is 1. The van der Waals surface area contributed by atoms with Crippen molar-refractivity contribution in [1.82, 2.24) is 25.2 Å². The Balaban J connectivity index is 1.78. The average Bonchev–Trinajstić information content (AvgIpc) is 3.11.